The standard InChI is InChI=1S/C25H21F7N2O2/c26-20-9-6-14(11-19(20)24(27,28)29)33-21(35)12-18-15-7-8-16(22(18)34-23(36)25(30,31)32)17(15)10-13-4-2-1-3-5-13/h1-6,9-11,15-16,18,22H,7-8,12H2,(H,33,35)(H,34,36)/b17-10-/t15-,16+,18-,22-/m0/s1. The van der Waals surface area contributed by atoms with Crippen LogP contribution in [0.25, 0.3) is 6.08 Å². The molecule has 2 aromatic carbocycles. The average Bonchev–Trinajstić information content (AvgIpc) is 3.29. The van der Waals surface area contributed by atoms with Crippen LogP contribution in [0.5, 0.6) is 0 Å². The fourth-order valence-corrected chi connectivity index (χ4v) is 5.28. The third kappa shape index (κ3) is 5.39. The molecule has 4 rings (SSSR count). The Morgan fingerprint density at radius 1 is 0.944 bits per heavy atom. The van der Waals surface area contributed by atoms with E-state index in [1.807, 2.05) is 29.6 Å². The molecule has 0 aromatic heterocycles. The van der Waals surface area contributed by atoms with Crippen LogP contribution in [0.2, 0.25) is 0 Å². The molecule has 2 fully saturated rings. The Labute approximate surface area is 201 Å². The highest BCUT2D eigenvalue weighted by atomic mass is 19.4. The van der Waals surface area contributed by atoms with Crippen LogP contribution >= 0.6 is 0 Å². The number of nitrogens with one attached hydrogen (secondary N) is 2. The summed E-state index contributed by atoms with van der Waals surface area (Å²) in [5.41, 5.74) is -0.203. The summed E-state index contributed by atoms with van der Waals surface area (Å²) in [7, 11) is 0. The van der Waals surface area contributed by atoms with Gasteiger partial charge in [-0.3, -0.25) is 9.59 Å². The van der Waals surface area contributed by atoms with E-state index in [9.17, 15) is 40.3 Å². The van der Waals surface area contributed by atoms with E-state index >= 15 is 0 Å². The number of halogens is 7. The molecule has 11 heteroatoms. The molecule has 4 atom stereocenters. The topological polar surface area (TPSA) is 58.2 Å². The molecule has 2 bridgehead atoms. The zero-order valence-electron chi connectivity index (χ0n) is 18.6. The van der Waals surface area contributed by atoms with E-state index in [0.717, 1.165) is 17.2 Å². The summed E-state index contributed by atoms with van der Waals surface area (Å²) in [5.74, 6) is -5.78. The minimum Gasteiger partial charge on any atom is -0.345 e. The van der Waals surface area contributed by atoms with Crippen molar-refractivity contribution >= 4 is 23.6 Å². The van der Waals surface area contributed by atoms with Crippen LogP contribution < -0.4 is 10.6 Å². The smallest absolute Gasteiger partial charge is 0.345 e. The van der Waals surface area contributed by atoms with Crippen LogP contribution in [0, 0.1) is 23.6 Å². The van der Waals surface area contributed by atoms with Gasteiger partial charge < -0.3 is 10.6 Å². The molecular formula is C25H21F7N2O2. The molecule has 36 heavy (non-hydrogen) atoms. The summed E-state index contributed by atoms with van der Waals surface area (Å²) in [6.45, 7) is 0. The van der Waals surface area contributed by atoms with Crippen LogP contribution in [0.15, 0.2) is 54.1 Å². The number of hydrogen-bond donors (Lipinski definition) is 2. The second-order valence-corrected chi connectivity index (χ2v) is 8.95. The number of hydrogen-bond acceptors (Lipinski definition) is 2. The van der Waals surface area contributed by atoms with Crippen LogP contribution in [-0.2, 0) is 15.8 Å². The van der Waals surface area contributed by atoms with Crippen molar-refractivity contribution in [2.24, 2.45) is 17.8 Å². The first-order valence-electron chi connectivity index (χ1n) is 11.2. The Morgan fingerprint density at radius 3 is 2.25 bits per heavy atom. The molecule has 2 aliphatic carbocycles. The summed E-state index contributed by atoms with van der Waals surface area (Å²) in [6, 6.07) is 10.1. The molecule has 2 saturated carbocycles. The molecule has 0 unspecified atom stereocenters. The lowest BCUT2D eigenvalue weighted by atomic mass is 9.82. The van der Waals surface area contributed by atoms with Crippen LogP contribution in [0.1, 0.15) is 30.4 Å². The Bertz CT molecular complexity index is 1180. The van der Waals surface area contributed by atoms with Crippen LogP contribution in [0.3, 0.4) is 0 Å². The number of carbonyl (C=O) groups is 2. The zero-order chi connectivity index (χ0) is 26.3. The number of fused-ring (bicyclic) bond motifs is 2. The molecule has 0 aliphatic heterocycles. The normalized spacial score (nSPS) is 24.7. The number of alkyl halides is 6. The third-order valence-electron chi connectivity index (χ3n) is 6.72. The lowest BCUT2D eigenvalue weighted by Gasteiger charge is -2.31. The van der Waals surface area contributed by atoms with E-state index < -0.39 is 53.4 Å². The van der Waals surface area contributed by atoms with Crippen molar-refractivity contribution in [1.29, 1.82) is 0 Å². The molecular weight excluding hydrogens is 493 g/mol. The second kappa shape index (κ2) is 9.59. The Balaban J connectivity index is 1.58. The maximum Gasteiger partial charge on any atom is 0.471 e. The van der Waals surface area contributed by atoms with E-state index in [1.54, 1.807) is 12.1 Å². The SMILES string of the molecule is O=C(C[C@@H]1[C@@H](NC(=O)C(F)(F)F)[C@@H]2CC[C@H]1/C2=C/c1ccccc1)Nc1ccc(F)c(C(F)(F)F)c1. The predicted molar refractivity (Wildman–Crippen MR) is 117 cm³/mol. The molecule has 0 radical (unpaired) electrons. The van der Waals surface area contributed by atoms with Gasteiger partial charge in [-0.2, -0.15) is 26.3 Å². The molecule has 4 nitrogen and oxygen atoms in total. The quantitative estimate of drug-likeness (QED) is 0.484. The fourth-order valence-electron chi connectivity index (χ4n) is 5.28. The maximum absolute atomic E-state index is 13.6. The van der Waals surface area contributed by atoms with Crippen molar-refractivity contribution in [2.45, 2.75) is 37.7 Å². The van der Waals surface area contributed by atoms with E-state index in [2.05, 4.69) is 5.32 Å². The summed E-state index contributed by atoms with van der Waals surface area (Å²) in [4.78, 5) is 24.5. The van der Waals surface area contributed by atoms with Crippen molar-refractivity contribution in [2.75, 3.05) is 5.32 Å². The summed E-state index contributed by atoms with van der Waals surface area (Å²) >= 11 is 0. The predicted octanol–water partition coefficient (Wildman–Crippen LogP) is 5.96. The van der Waals surface area contributed by atoms with Crippen LogP contribution in [-0.4, -0.2) is 24.0 Å². The number of benzene rings is 2. The Kier molecular flexibility index (Phi) is 6.85. The molecule has 2 N–H and O–H groups in total. The minimum absolute atomic E-state index is 0.293. The minimum atomic E-state index is -5.11. The molecule has 0 saturated heterocycles. The first kappa shape index (κ1) is 25.7. The molecule has 2 aliphatic rings. The average molecular weight is 514 g/mol. The first-order chi connectivity index (χ1) is 16.8. The Hall–Kier alpha value is -3.37. The van der Waals surface area contributed by atoms with E-state index in [1.165, 1.54) is 0 Å². The van der Waals surface area contributed by atoms with Gasteiger partial charge in [0.25, 0.3) is 0 Å². The summed E-state index contributed by atoms with van der Waals surface area (Å²) < 4.78 is 91.6. The van der Waals surface area contributed by atoms with Gasteiger partial charge in [-0.15, -0.1) is 0 Å². The van der Waals surface area contributed by atoms with Crippen molar-refractivity contribution < 1.29 is 40.3 Å². The van der Waals surface area contributed by atoms with Gasteiger partial charge in [0.2, 0.25) is 5.91 Å². The number of anilines is 1. The molecule has 192 valence electrons. The van der Waals surface area contributed by atoms with Gasteiger partial charge in [-0.25, -0.2) is 4.39 Å². The van der Waals surface area contributed by atoms with Crippen molar-refractivity contribution in [3.05, 3.63) is 71.0 Å². The second-order valence-electron chi connectivity index (χ2n) is 8.95. The number of rotatable bonds is 5. The molecule has 0 spiro atoms. The molecule has 0 heterocycles. The van der Waals surface area contributed by atoms with Crippen molar-refractivity contribution in [3.8, 4) is 0 Å². The maximum atomic E-state index is 13.6. The van der Waals surface area contributed by atoms with Gasteiger partial charge in [0.15, 0.2) is 0 Å². The van der Waals surface area contributed by atoms with Gasteiger partial charge in [0.1, 0.15) is 5.82 Å². The highest BCUT2D eigenvalue weighted by Gasteiger charge is 2.54. The number of amides is 2. The monoisotopic (exact) mass is 514 g/mol. The van der Waals surface area contributed by atoms with E-state index in [-0.39, 0.29) is 18.0 Å². The largest absolute Gasteiger partial charge is 0.471 e. The molecule has 2 amide bonds. The lowest BCUT2D eigenvalue weighted by Crippen LogP contribution is -2.49. The van der Waals surface area contributed by atoms with Crippen LogP contribution in [0.4, 0.5) is 36.4 Å². The Morgan fingerprint density at radius 2 is 1.61 bits per heavy atom. The van der Waals surface area contributed by atoms with Gasteiger partial charge in [0.05, 0.1) is 5.56 Å². The number of carbonyl (C=O) groups excluding carboxylic acids is 2. The van der Waals surface area contributed by atoms with Gasteiger partial charge in [-0.05, 0) is 48.4 Å². The molecule has 2 aromatic rings. The van der Waals surface area contributed by atoms with Crippen molar-refractivity contribution in [3.63, 3.8) is 0 Å². The summed E-state index contributed by atoms with van der Waals surface area (Å²) in [6.07, 6.45) is -7.46. The van der Waals surface area contributed by atoms with E-state index in [4.69, 9.17) is 0 Å². The van der Waals surface area contributed by atoms with E-state index in [0.29, 0.717) is 25.0 Å². The lowest BCUT2D eigenvalue weighted by molar-refractivity contribution is -0.175. The van der Waals surface area contributed by atoms with Gasteiger partial charge in [-0.1, -0.05) is 42.0 Å². The van der Waals surface area contributed by atoms with Crippen molar-refractivity contribution in [1.82, 2.24) is 5.32 Å². The summed E-state index contributed by atoms with van der Waals surface area (Å²) in [5, 5.41) is 4.32. The zero-order valence-corrected chi connectivity index (χ0v) is 18.6. The fraction of sp³-hybridized carbons (Fsp3) is 0.360. The first-order valence-corrected chi connectivity index (χ1v) is 11.2. The van der Waals surface area contributed by atoms with Gasteiger partial charge in [0, 0.05) is 24.1 Å². The van der Waals surface area contributed by atoms with Gasteiger partial charge >= 0.3 is 18.3 Å². The third-order valence-corrected chi connectivity index (χ3v) is 6.72. The highest BCUT2D eigenvalue weighted by Crippen LogP contribution is 2.54. The highest BCUT2D eigenvalue weighted by molar-refractivity contribution is 5.91.